The van der Waals surface area contributed by atoms with Crippen molar-refractivity contribution < 1.29 is 4.74 Å². The Morgan fingerprint density at radius 3 is 2.87 bits per heavy atom. The number of benzene rings is 1. The highest BCUT2D eigenvalue weighted by Crippen LogP contribution is 2.47. The maximum atomic E-state index is 9.38. The molecule has 1 aromatic rings. The SMILES string of the molecule is CN1C=CC2=C(C1)C(NC1CN(C3OC3C3CC3)C1)=CC(C)(c1cccc(C#N)c1)C2. The van der Waals surface area contributed by atoms with Gasteiger partial charge in [0.15, 0.2) is 0 Å². The third kappa shape index (κ3) is 3.48. The van der Waals surface area contributed by atoms with E-state index in [1.807, 2.05) is 18.2 Å². The van der Waals surface area contributed by atoms with Crippen molar-refractivity contribution in [2.45, 2.75) is 50.0 Å². The number of nitrogens with one attached hydrogen (secondary N) is 1. The summed E-state index contributed by atoms with van der Waals surface area (Å²) in [6.07, 6.45) is 11.4. The molecule has 6 rings (SSSR count). The van der Waals surface area contributed by atoms with Crippen molar-refractivity contribution >= 4 is 0 Å². The molecule has 1 N–H and O–H groups in total. The number of nitriles is 1. The summed E-state index contributed by atoms with van der Waals surface area (Å²) in [4.78, 5) is 4.74. The molecule has 160 valence electrons. The molecule has 1 aromatic carbocycles. The zero-order valence-electron chi connectivity index (χ0n) is 18.3. The van der Waals surface area contributed by atoms with Crippen molar-refractivity contribution in [3.63, 3.8) is 0 Å². The largest absolute Gasteiger partial charge is 0.380 e. The fourth-order valence-corrected chi connectivity index (χ4v) is 5.47. The van der Waals surface area contributed by atoms with Gasteiger partial charge < -0.3 is 15.0 Å². The number of likely N-dealkylation sites (tertiary alicyclic amines) is 1. The van der Waals surface area contributed by atoms with Crippen LogP contribution in [0.2, 0.25) is 0 Å². The summed E-state index contributed by atoms with van der Waals surface area (Å²) >= 11 is 0. The first-order chi connectivity index (χ1) is 15.0. The van der Waals surface area contributed by atoms with Crippen molar-refractivity contribution in [2.75, 3.05) is 26.7 Å². The Morgan fingerprint density at radius 2 is 2.10 bits per heavy atom. The summed E-state index contributed by atoms with van der Waals surface area (Å²) in [5.41, 5.74) is 5.89. The van der Waals surface area contributed by atoms with Crippen molar-refractivity contribution in [2.24, 2.45) is 5.92 Å². The van der Waals surface area contributed by atoms with E-state index in [-0.39, 0.29) is 5.41 Å². The molecule has 2 saturated heterocycles. The van der Waals surface area contributed by atoms with Gasteiger partial charge in [0.05, 0.1) is 17.7 Å². The standard InChI is InChI=1S/C26H30N4O/c1-26(20-5-3-4-17(10-20)13-27)11-19-8-9-29(2)16-22(19)23(12-26)28-21-14-30(15-21)25-24(31-25)18-6-7-18/h3-5,8-10,12,18,21,24-25,28H,6-7,11,14-16H2,1-2H3. The Bertz CT molecular complexity index is 1040. The lowest BCUT2D eigenvalue weighted by Crippen LogP contribution is -2.59. The highest BCUT2D eigenvalue weighted by molar-refractivity contribution is 5.52. The maximum Gasteiger partial charge on any atom is 0.138 e. The summed E-state index contributed by atoms with van der Waals surface area (Å²) in [6.45, 7) is 5.34. The second-order valence-corrected chi connectivity index (χ2v) is 10.2. The molecule has 0 amide bonds. The molecule has 0 aromatic heterocycles. The maximum absolute atomic E-state index is 9.38. The van der Waals surface area contributed by atoms with Crippen molar-refractivity contribution in [3.05, 3.63) is 70.6 Å². The van der Waals surface area contributed by atoms with Gasteiger partial charge in [-0.25, -0.2) is 0 Å². The highest BCUT2D eigenvalue weighted by atomic mass is 16.6. The van der Waals surface area contributed by atoms with Gasteiger partial charge in [-0.15, -0.1) is 0 Å². The normalized spacial score (nSPS) is 32.8. The first kappa shape index (κ1) is 19.2. The summed E-state index contributed by atoms with van der Waals surface area (Å²) in [5, 5.41) is 13.3. The lowest BCUT2D eigenvalue weighted by Gasteiger charge is -2.43. The van der Waals surface area contributed by atoms with E-state index in [0.29, 0.717) is 18.4 Å². The molecule has 1 saturated carbocycles. The number of epoxide rings is 1. The molecule has 3 atom stereocenters. The molecule has 0 radical (unpaired) electrons. The monoisotopic (exact) mass is 414 g/mol. The zero-order chi connectivity index (χ0) is 21.2. The van der Waals surface area contributed by atoms with Crippen LogP contribution in [-0.4, -0.2) is 54.9 Å². The topological polar surface area (TPSA) is 54.8 Å². The molecule has 5 heteroatoms. The van der Waals surface area contributed by atoms with E-state index in [1.165, 1.54) is 35.2 Å². The fourth-order valence-electron chi connectivity index (χ4n) is 5.47. The van der Waals surface area contributed by atoms with Crippen molar-refractivity contribution in [1.29, 1.82) is 5.26 Å². The van der Waals surface area contributed by atoms with E-state index in [0.717, 1.165) is 37.5 Å². The quantitative estimate of drug-likeness (QED) is 0.750. The first-order valence-electron chi connectivity index (χ1n) is 11.5. The number of hydrogen-bond donors (Lipinski definition) is 1. The third-order valence-electron chi connectivity index (χ3n) is 7.54. The first-order valence-corrected chi connectivity index (χ1v) is 11.5. The number of rotatable bonds is 5. The van der Waals surface area contributed by atoms with Gasteiger partial charge in [-0.3, -0.25) is 4.90 Å². The van der Waals surface area contributed by atoms with Crippen molar-refractivity contribution in [3.8, 4) is 6.07 Å². The second-order valence-electron chi connectivity index (χ2n) is 10.2. The van der Waals surface area contributed by atoms with Gasteiger partial charge in [0.1, 0.15) is 12.3 Å². The van der Waals surface area contributed by atoms with Crippen LogP contribution >= 0.6 is 0 Å². The minimum atomic E-state index is -0.131. The van der Waals surface area contributed by atoms with Crippen LogP contribution in [0.15, 0.2) is 59.5 Å². The zero-order valence-corrected chi connectivity index (χ0v) is 18.3. The van der Waals surface area contributed by atoms with Gasteiger partial charge in [0.25, 0.3) is 0 Å². The Hall–Kier alpha value is -2.55. The number of ether oxygens (including phenoxy) is 1. The average Bonchev–Trinajstić information content (AvgIpc) is 3.64. The lowest BCUT2D eigenvalue weighted by atomic mass is 9.71. The molecule has 3 fully saturated rings. The summed E-state index contributed by atoms with van der Waals surface area (Å²) in [5.74, 6) is 0.834. The van der Waals surface area contributed by atoms with Gasteiger partial charge in [-0.05, 0) is 66.3 Å². The molecule has 5 nitrogen and oxygen atoms in total. The van der Waals surface area contributed by atoms with Crippen LogP contribution in [0.3, 0.4) is 0 Å². The van der Waals surface area contributed by atoms with Gasteiger partial charge >= 0.3 is 0 Å². The lowest BCUT2D eigenvalue weighted by molar-refractivity contribution is 0.0760. The number of hydrogen-bond acceptors (Lipinski definition) is 5. The van der Waals surface area contributed by atoms with Crippen LogP contribution in [0.4, 0.5) is 0 Å². The van der Waals surface area contributed by atoms with Gasteiger partial charge in [-0.2, -0.15) is 5.26 Å². The van der Waals surface area contributed by atoms with Gasteiger partial charge in [0.2, 0.25) is 0 Å². The molecule has 0 bridgehead atoms. The van der Waals surface area contributed by atoms with Gasteiger partial charge in [-0.1, -0.05) is 25.1 Å². The van der Waals surface area contributed by atoms with Crippen molar-refractivity contribution in [1.82, 2.24) is 15.1 Å². The van der Waals surface area contributed by atoms with Crippen LogP contribution in [0.5, 0.6) is 0 Å². The smallest absolute Gasteiger partial charge is 0.138 e. The molecule has 5 aliphatic rings. The Labute approximate surface area is 184 Å². The predicted octanol–water partition coefficient (Wildman–Crippen LogP) is 3.27. The van der Waals surface area contributed by atoms with Crippen LogP contribution in [-0.2, 0) is 10.2 Å². The van der Waals surface area contributed by atoms with Crippen LogP contribution in [0.25, 0.3) is 0 Å². The van der Waals surface area contributed by atoms with E-state index in [2.05, 4.69) is 59.6 Å². The molecule has 3 heterocycles. The fraction of sp³-hybridized carbons (Fsp3) is 0.500. The highest BCUT2D eigenvalue weighted by Gasteiger charge is 2.54. The molecular formula is C26H30N4O. The average molecular weight is 415 g/mol. The second kappa shape index (κ2) is 6.98. The Balaban J connectivity index is 1.23. The predicted molar refractivity (Wildman–Crippen MR) is 120 cm³/mol. The number of likely N-dealkylation sites (N-methyl/N-ethyl adjacent to an activating group) is 1. The van der Waals surface area contributed by atoms with E-state index in [1.54, 1.807) is 0 Å². The van der Waals surface area contributed by atoms with E-state index in [9.17, 15) is 5.26 Å². The minimum Gasteiger partial charge on any atom is -0.380 e. The Morgan fingerprint density at radius 1 is 1.26 bits per heavy atom. The number of nitrogens with zero attached hydrogens (tertiary/aromatic N) is 3. The van der Waals surface area contributed by atoms with Crippen LogP contribution in [0, 0.1) is 17.2 Å². The molecular weight excluding hydrogens is 384 g/mol. The van der Waals surface area contributed by atoms with Crippen LogP contribution in [0.1, 0.15) is 37.3 Å². The van der Waals surface area contributed by atoms with E-state index in [4.69, 9.17) is 4.74 Å². The minimum absolute atomic E-state index is 0.131. The molecule has 0 spiro atoms. The summed E-state index contributed by atoms with van der Waals surface area (Å²) in [6, 6.07) is 10.9. The Kier molecular flexibility index (Phi) is 4.31. The number of allylic oxidation sites excluding steroid dienone is 3. The molecule has 2 aliphatic carbocycles. The molecule has 3 aliphatic heterocycles. The molecule has 31 heavy (non-hydrogen) atoms. The molecule has 3 unspecified atom stereocenters. The summed E-state index contributed by atoms with van der Waals surface area (Å²) < 4.78 is 5.93. The van der Waals surface area contributed by atoms with Crippen LogP contribution < -0.4 is 5.32 Å². The third-order valence-corrected chi connectivity index (χ3v) is 7.54. The van der Waals surface area contributed by atoms with Gasteiger partial charge in [0, 0.05) is 37.8 Å². The van der Waals surface area contributed by atoms with E-state index < -0.39 is 0 Å². The van der Waals surface area contributed by atoms with E-state index >= 15 is 0 Å². The summed E-state index contributed by atoms with van der Waals surface area (Å²) in [7, 11) is 2.13.